The zero-order valence-electron chi connectivity index (χ0n) is 18.8. The van der Waals surface area contributed by atoms with Gasteiger partial charge in [-0.25, -0.2) is 0 Å². The van der Waals surface area contributed by atoms with E-state index >= 15 is 0 Å². The van der Waals surface area contributed by atoms with Crippen molar-refractivity contribution in [3.8, 4) is 17.2 Å². The van der Waals surface area contributed by atoms with Crippen LogP contribution in [-0.2, 0) is 4.79 Å². The fraction of sp³-hybridized carbons (Fsp3) is 0.500. The summed E-state index contributed by atoms with van der Waals surface area (Å²) in [5.74, 6) is 0.763. The Hall–Kier alpha value is -1.42. The van der Waals surface area contributed by atoms with Crippen LogP contribution in [0.15, 0.2) is 36.4 Å². The Kier molecular flexibility index (Phi) is 12.9. The van der Waals surface area contributed by atoms with Crippen molar-refractivity contribution in [2.75, 3.05) is 0 Å². The van der Waals surface area contributed by atoms with Crippen LogP contribution in [0, 0.1) is 0 Å². The summed E-state index contributed by atoms with van der Waals surface area (Å²) in [5.41, 5.74) is 0. The first-order chi connectivity index (χ1) is 15.5. The van der Waals surface area contributed by atoms with E-state index in [-0.39, 0.29) is 11.7 Å². The molecule has 0 atom stereocenters. The van der Waals surface area contributed by atoms with Crippen LogP contribution >= 0.6 is 34.8 Å². The van der Waals surface area contributed by atoms with Gasteiger partial charge in [0.1, 0.15) is 5.75 Å². The second-order valence-corrected chi connectivity index (χ2v) is 9.31. The Bertz CT molecular complexity index is 839. The van der Waals surface area contributed by atoms with Crippen LogP contribution in [0.4, 0.5) is 0 Å². The molecule has 0 N–H and O–H groups in total. The highest BCUT2D eigenvalue weighted by Crippen LogP contribution is 2.37. The van der Waals surface area contributed by atoms with Gasteiger partial charge in [0.05, 0.1) is 5.02 Å². The molecule has 0 spiro atoms. The van der Waals surface area contributed by atoms with E-state index in [1.54, 1.807) is 36.4 Å². The van der Waals surface area contributed by atoms with Crippen LogP contribution in [0.5, 0.6) is 17.2 Å². The molecule has 2 aromatic rings. The van der Waals surface area contributed by atoms with Crippen molar-refractivity contribution in [1.29, 1.82) is 0 Å². The Labute approximate surface area is 207 Å². The normalized spacial score (nSPS) is 10.9. The number of carbonyl (C=O) groups is 1. The van der Waals surface area contributed by atoms with Crippen molar-refractivity contribution in [3.05, 3.63) is 51.5 Å². The van der Waals surface area contributed by atoms with Crippen molar-refractivity contribution >= 4 is 40.8 Å². The third-order valence-electron chi connectivity index (χ3n) is 5.23. The SMILES string of the molecule is CCCCCCCCCCCCCC(=O)Oc1cc(Cl)ccc1Oc1ccc(Cl)cc1Cl. The number of ether oxygens (including phenoxy) is 2. The highest BCUT2D eigenvalue weighted by atomic mass is 35.5. The molecule has 0 saturated heterocycles. The topological polar surface area (TPSA) is 35.5 Å². The maximum atomic E-state index is 12.3. The fourth-order valence-corrected chi connectivity index (χ4v) is 4.04. The molecule has 0 bridgehead atoms. The average molecular weight is 500 g/mol. The molecule has 2 aromatic carbocycles. The molecule has 0 aromatic heterocycles. The molecule has 2 rings (SSSR count). The first-order valence-corrected chi connectivity index (χ1v) is 12.8. The predicted molar refractivity (Wildman–Crippen MR) is 135 cm³/mol. The van der Waals surface area contributed by atoms with Crippen molar-refractivity contribution < 1.29 is 14.3 Å². The molecule has 0 aliphatic carbocycles. The lowest BCUT2D eigenvalue weighted by molar-refractivity contribution is -0.134. The van der Waals surface area contributed by atoms with Gasteiger partial charge in [0, 0.05) is 22.5 Å². The Morgan fingerprint density at radius 2 is 1.22 bits per heavy atom. The van der Waals surface area contributed by atoms with Gasteiger partial charge in [0.25, 0.3) is 0 Å². The van der Waals surface area contributed by atoms with Crippen LogP contribution < -0.4 is 9.47 Å². The number of halogens is 3. The second kappa shape index (κ2) is 15.4. The van der Waals surface area contributed by atoms with E-state index in [0.717, 1.165) is 19.3 Å². The molecule has 0 radical (unpaired) electrons. The third-order valence-corrected chi connectivity index (χ3v) is 5.99. The molecular formula is C26H33Cl3O3. The second-order valence-electron chi connectivity index (χ2n) is 8.03. The van der Waals surface area contributed by atoms with E-state index in [4.69, 9.17) is 44.3 Å². The number of carbonyl (C=O) groups excluding carboxylic acids is 1. The van der Waals surface area contributed by atoms with Crippen LogP contribution in [0.2, 0.25) is 15.1 Å². The molecule has 0 aliphatic rings. The number of hydrogen-bond acceptors (Lipinski definition) is 3. The van der Waals surface area contributed by atoms with Gasteiger partial charge in [0.2, 0.25) is 0 Å². The number of rotatable bonds is 15. The molecule has 0 heterocycles. The van der Waals surface area contributed by atoms with E-state index in [9.17, 15) is 4.79 Å². The Morgan fingerprint density at radius 3 is 1.81 bits per heavy atom. The maximum absolute atomic E-state index is 12.3. The number of benzene rings is 2. The lowest BCUT2D eigenvalue weighted by atomic mass is 10.1. The van der Waals surface area contributed by atoms with Crippen molar-refractivity contribution in [2.45, 2.75) is 84.0 Å². The van der Waals surface area contributed by atoms with Gasteiger partial charge in [-0.1, -0.05) is 106 Å². The van der Waals surface area contributed by atoms with Gasteiger partial charge >= 0.3 is 5.97 Å². The summed E-state index contributed by atoms with van der Waals surface area (Å²) in [5, 5.41) is 1.33. The van der Waals surface area contributed by atoms with Crippen LogP contribution in [0.3, 0.4) is 0 Å². The Balaban J connectivity index is 1.72. The van der Waals surface area contributed by atoms with Crippen LogP contribution in [0.25, 0.3) is 0 Å². The van der Waals surface area contributed by atoms with E-state index in [2.05, 4.69) is 6.92 Å². The summed E-state index contributed by atoms with van der Waals surface area (Å²) in [6.45, 7) is 2.24. The fourth-order valence-electron chi connectivity index (χ4n) is 3.43. The van der Waals surface area contributed by atoms with Gasteiger partial charge in [-0.15, -0.1) is 0 Å². The number of hydrogen-bond donors (Lipinski definition) is 0. The molecule has 0 saturated carbocycles. The predicted octanol–water partition coefficient (Wildman–Crippen LogP) is 10.0. The third kappa shape index (κ3) is 10.5. The zero-order valence-corrected chi connectivity index (χ0v) is 21.1. The quantitative estimate of drug-likeness (QED) is 0.139. The molecule has 6 heteroatoms. The molecule has 32 heavy (non-hydrogen) atoms. The van der Waals surface area contributed by atoms with Gasteiger partial charge < -0.3 is 9.47 Å². The largest absolute Gasteiger partial charge is 0.452 e. The molecule has 0 amide bonds. The average Bonchev–Trinajstić information content (AvgIpc) is 2.75. The molecule has 176 valence electrons. The zero-order chi connectivity index (χ0) is 23.2. The maximum Gasteiger partial charge on any atom is 0.311 e. The van der Waals surface area contributed by atoms with Crippen LogP contribution in [-0.4, -0.2) is 5.97 Å². The number of esters is 1. The minimum Gasteiger partial charge on any atom is -0.452 e. The standard InChI is InChI=1S/C26H33Cl3O3/c1-2-3-4-5-6-7-8-9-10-11-12-13-26(30)32-25-19-21(28)15-17-24(25)31-23-16-14-20(27)18-22(23)29/h14-19H,2-13H2,1H3. The highest BCUT2D eigenvalue weighted by molar-refractivity contribution is 6.35. The summed E-state index contributed by atoms with van der Waals surface area (Å²) < 4.78 is 11.4. The van der Waals surface area contributed by atoms with Gasteiger partial charge in [-0.2, -0.15) is 0 Å². The minimum absolute atomic E-state index is 0.275. The van der Waals surface area contributed by atoms with Crippen LogP contribution in [0.1, 0.15) is 84.0 Å². The summed E-state index contributed by atoms with van der Waals surface area (Å²) in [4.78, 5) is 12.3. The van der Waals surface area contributed by atoms with Crippen molar-refractivity contribution in [1.82, 2.24) is 0 Å². The van der Waals surface area contributed by atoms with Gasteiger partial charge in [-0.05, 0) is 36.8 Å². The van der Waals surface area contributed by atoms with E-state index in [1.807, 2.05) is 0 Å². The monoisotopic (exact) mass is 498 g/mol. The van der Waals surface area contributed by atoms with Crippen molar-refractivity contribution in [2.24, 2.45) is 0 Å². The summed E-state index contributed by atoms with van der Waals surface area (Å²) in [6.07, 6.45) is 13.9. The first-order valence-electron chi connectivity index (χ1n) is 11.6. The molecule has 0 aliphatic heterocycles. The molecule has 0 unspecified atom stereocenters. The van der Waals surface area contributed by atoms with Gasteiger partial charge in [-0.3, -0.25) is 4.79 Å². The first kappa shape index (κ1) is 26.8. The van der Waals surface area contributed by atoms with Crippen molar-refractivity contribution in [3.63, 3.8) is 0 Å². The highest BCUT2D eigenvalue weighted by Gasteiger charge is 2.14. The van der Waals surface area contributed by atoms with E-state index < -0.39 is 0 Å². The molecule has 3 nitrogen and oxygen atoms in total. The van der Waals surface area contributed by atoms with E-state index in [1.165, 1.54) is 51.4 Å². The minimum atomic E-state index is -0.296. The lowest BCUT2D eigenvalue weighted by Gasteiger charge is -2.13. The molecule has 0 fully saturated rings. The Morgan fingerprint density at radius 1 is 0.688 bits per heavy atom. The smallest absolute Gasteiger partial charge is 0.311 e. The summed E-state index contributed by atoms with van der Waals surface area (Å²) in [6, 6.07) is 9.82. The summed E-state index contributed by atoms with van der Waals surface area (Å²) in [7, 11) is 0. The lowest BCUT2D eigenvalue weighted by Crippen LogP contribution is -2.08. The van der Waals surface area contributed by atoms with E-state index in [0.29, 0.717) is 33.0 Å². The molecular weight excluding hydrogens is 467 g/mol. The number of unbranched alkanes of at least 4 members (excludes halogenated alkanes) is 10. The van der Waals surface area contributed by atoms with Gasteiger partial charge in [0.15, 0.2) is 11.5 Å². The summed E-state index contributed by atoms with van der Waals surface area (Å²) >= 11 is 18.2.